The molecule has 0 saturated heterocycles. The van der Waals surface area contributed by atoms with E-state index in [1.807, 2.05) is 32.0 Å². The van der Waals surface area contributed by atoms with E-state index in [1.165, 1.54) is 11.8 Å². The first-order chi connectivity index (χ1) is 13.4. The molecule has 0 atom stereocenters. The van der Waals surface area contributed by atoms with Crippen LogP contribution >= 0.6 is 35.0 Å². The Hall–Kier alpha value is -2.22. The van der Waals surface area contributed by atoms with E-state index in [0.717, 1.165) is 16.9 Å². The van der Waals surface area contributed by atoms with Crippen LogP contribution in [0.3, 0.4) is 0 Å². The van der Waals surface area contributed by atoms with Crippen molar-refractivity contribution >= 4 is 46.6 Å². The van der Waals surface area contributed by atoms with Gasteiger partial charge < -0.3 is 10.1 Å². The van der Waals surface area contributed by atoms with Gasteiger partial charge in [0, 0.05) is 5.69 Å². The quantitative estimate of drug-likeness (QED) is 0.507. The molecule has 6 nitrogen and oxygen atoms in total. The lowest BCUT2D eigenvalue weighted by atomic mass is 10.1. The lowest BCUT2D eigenvalue weighted by Gasteiger charge is -2.10. The van der Waals surface area contributed by atoms with Gasteiger partial charge in [0.15, 0.2) is 5.82 Å². The van der Waals surface area contributed by atoms with Crippen LogP contribution < -0.4 is 10.1 Å². The Bertz CT molecular complexity index is 974. The molecule has 2 aromatic carbocycles. The summed E-state index contributed by atoms with van der Waals surface area (Å²) in [6.45, 7) is 4.27. The predicted molar refractivity (Wildman–Crippen MR) is 112 cm³/mol. The standard InChI is InChI=1S/C19H18Cl2N4O2S/c1-11-4-3-5-12(2)18(11)27-9-16-23-19(25-24-16)28-10-17(26)22-13-6-7-14(20)15(21)8-13/h3-8H,9-10H2,1-2H3,(H,22,26)(H,23,24,25). The highest BCUT2D eigenvalue weighted by atomic mass is 35.5. The molecule has 0 aliphatic rings. The molecule has 1 aromatic heterocycles. The zero-order valence-corrected chi connectivity index (χ0v) is 17.6. The van der Waals surface area contributed by atoms with Gasteiger partial charge in [-0.05, 0) is 43.2 Å². The Morgan fingerprint density at radius 1 is 1.18 bits per heavy atom. The van der Waals surface area contributed by atoms with E-state index >= 15 is 0 Å². The zero-order valence-electron chi connectivity index (χ0n) is 15.3. The third-order valence-electron chi connectivity index (χ3n) is 3.81. The molecule has 9 heteroatoms. The number of para-hydroxylation sites is 1. The predicted octanol–water partition coefficient (Wildman–Crippen LogP) is 5.04. The molecule has 0 aliphatic heterocycles. The van der Waals surface area contributed by atoms with E-state index in [2.05, 4.69) is 20.5 Å². The van der Waals surface area contributed by atoms with Crippen molar-refractivity contribution in [2.75, 3.05) is 11.1 Å². The molecule has 3 rings (SSSR count). The average molecular weight is 437 g/mol. The monoisotopic (exact) mass is 436 g/mol. The maximum atomic E-state index is 12.1. The number of ether oxygens (including phenoxy) is 1. The Kier molecular flexibility index (Phi) is 6.83. The Balaban J connectivity index is 1.50. The summed E-state index contributed by atoms with van der Waals surface area (Å²) in [7, 11) is 0. The minimum atomic E-state index is -0.193. The van der Waals surface area contributed by atoms with E-state index in [4.69, 9.17) is 27.9 Å². The summed E-state index contributed by atoms with van der Waals surface area (Å²) in [5.74, 6) is 1.40. The second-order valence-corrected chi connectivity index (χ2v) is 7.80. The molecular weight excluding hydrogens is 419 g/mol. The van der Waals surface area contributed by atoms with Gasteiger partial charge in [0.25, 0.3) is 0 Å². The maximum absolute atomic E-state index is 12.1. The van der Waals surface area contributed by atoms with Gasteiger partial charge in [-0.25, -0.2) is 4.98 Å². The molecule has 146 valence electrons. The number of hydrogen-bond acceptors (Lipinski definition) is 5. The summed E-state index contributed by atoms with van der Waals surface area (Å²) < 4.78 is 5.85. The molecule has 0 unspecified atom stereocenters. The van der Waals surface area contributed by atoms with Gasteiger partial charge in [0.05, 0.1) is 15.8 Å². The molecule has 0 bridgehead atoms. The van der Waals surface area contributed by atoms with Gasteiger partial charge in [0.2, 0.25) is 11.1 Å². The number of amides is 1. The summed E-state index contributed by atoms with van der Waals surface area (Å²) >= 11 is 13.0. The Morgan fingerprint density at radius 2 is 1.93 bits per heavy atom. The summed E-state index contributed by atoms with van der Waals surface area (Å²) in [6.07, 6.45) is 0. The zero-order chi connectivity index (χ0) is 20.1. The molecular formula is C19H18Cl2N4O2S. The smallest absolute Gasteiger partial charge is 0.234 e. The number of hydrogen-bond donors (Lipinski definition) is 2. The van der Waals surface area contributed by atoms with Crippen molar-refractivity contribution in [1.29, 1.82) is 0 Å². The number of thioether (sulfide) groups is 1. The number of nitrogens with one attached hydrogen (secondary N) is 2. The number of rotatable bonds is 7. The normalized spacial score (nSPS) is 10.7. The van der Waals surface area contributed by atoms with Crippen molar-refractivity contribution in [1.82, 2.24) is 15.2 Å². The number of H-pyrrole nitrogens is 1. The van der Waals surface area contributed by atoms with E-state index in [9.17, 15) is 4.79 Å². The number of aromatic amines is 1. The summed E-state index contributed by atoms with van der Waals surface area (Å²) in [5.41, 5.74) is 2.71. The first-order valence-corrected chi connectivity index (χ1v) is 10.1. The topological polar surface area (TPSA) is 79.9 Å². The lowest BCUT2D eigenvalue weighted by molar-refractivity contribution is -0.113. The van der Waals surface area contributed by atoms with E-state index in [0.29, 0.717) is 26.7 Å². The van der Waals surface area contributed by atoms with Gasteiger partial charge >= 0.3 is 0 Å². The number of aryl methyl sites for hydroxylation is 2. The number of benzene rings is 2. The van der Waals surface area contributed by atoms with Crippen molar-refractivity contribution in [2.24, 2.45) is 0 Å². The van der Waals surface area contributed by atoms with Gasteiger partial charge in [0.1, 0.15) is 12.4 Å². The number of aromatic nitrogens is 3. The van der Waals surface area contributed by atoms with Gasteiger partial charge in [-0.3, -0.25) is 9.89 Å². The van der Waals surface area contributed by atoms with Crippen LogP contribution in [-0.2, 0) is 11.4 Å². The first-order valence-electron chi connectivity index (χ1n) is 8.40. The molecule has 2 N–H and O–H groups in total. The fourth-order valence-corrected chi connectivity index (χ4v) is 3.39. The van der Waals surface area contributed by atoms with Crippen molar-refractivity contribution < 1.29 is 9.53 Å². The summed E-state index contributed by atoms with van der Waals surface area (Å²) in [6, 6.07) is 10.9. The van der Waals surface area contributed by atoms with Crippen LogP contribution in [-0.4, -0.2) is 26.8 Å². The van der Waals surface area contributed by atoms with Crippen LogP contribution in [0.5, 0.6) is 5.75 Å². The molecule has 0 aliphatic carbocycles. The Morgan fingerprint density at radius 3 is 2.64 bits per heavy atom. The van der Waals surface area contributed by atoms with Gasteiger partial charge in [-0.15, -0.1) is 5.10 Å². The first kappa shape index (κ1) is 20.5. The lowest BCUT2D eigenvalue weighted by Crippen LogP contribution is -2.14. The largest absolute Gasteiger partial charge is 0.485 e. The minimum absolute atomic E-state index is 0.162. The maximum Gasteiger partial charge on any atom is 0.234 e. The molecule has 0 fully saturated rings. The fourth-order valence-electron chi connectivity index (χ4n) is 2.48. The SMILES string of the molecule is Cc1cccc(C)c1OCc1nc(SCC(=O)Nc2ccc(Cl)c(Cl)c2)n[nH]1. The molecule has 3 aromatic rings. The van der Waals surface area contributed by atoms with Crippen LogP contribution in [0.15, 0.2) is 41.6 Å². The van der Waals surface area contributed by atoms with Crippen LogP contribution in [0.25, 0.3) is 0 Å². The van der Waals surface area contributed by atoms with Crippen LogP contribution in [0.2, 0.25) is 10.0 Å². The van der Waals surface area contributed by atoms with E-state index in [1.54, 1.807) is 18.2 Å². The molecule has 0 saturated carbocycles. The summed E-state index contributed by atoms with van der Waals surface area (Å²) in [4.78, 5) is 16.4. The second kappa shape index (κ2) is 9.32. The number of halogens is 2. The number of anilines is 1. The Labute approximate surface area is 177 Å². The third kappa shape index (κ3) is 5.41. The van der Waals surface area contributed by atoms with Crippen molar-refractivity contribution in [3.63, 3.8) is 0 Å². The summed E-state index contributed by atoms with van der Waals surface area (Å²) in [5, 5.41) is 11.0. The van der Waals surface area contributed by atoms with Crippen molar-refractivity contribution in [3.05, 3.63) is 63.4 Å². The number of carbonyl (C=O) groups excluding carboxylic acids is 1. The van der Waals surface area contributed by atoms with Gasteiger partial charge in [-0.2, -0.15) is 0 Å². The molecule has 0 radical (unpaired) electrons. The van der Waals surface area contributed by atoms with E-state index in [-0.39, 0.29) is 18.3 Å². The fraction of sp³-hybridized carbons (Fsp3) is 0.211. The van der Waals surface area contributed by atoms with E-state index < -0.39 is 0 Å². The van der Waals surface area contributed by atoms with Gasteiger partial charge in [-0.1, -0.05) is 53.2 Å². The molecule has 1 amide bonds. The van der Waals surface area contributed by atoms with Crippen molar-refractivity contribution in [3.8, 4) is 5.75 Å². The van der Waals surface area contributed by atoms with Crippen LogP contribution in [0.4, 0.5) is 5.69 Å². The second-order valence-electron chi connectivity index (χ2n) is 6.04. The van der Waals surface area contributed by atoms with Crippen molar-refractivity contribution in [2.45, 2.75) is 25.6 Å². The highest BCUT2D eigenvalue weighted by Crippen LogP contribution is 2.25. The highest BCUT2D eigenvalue weighted by Gasteiger charge is 2.10. The van der Waals surface area contributed by atoms with Crippen LogP contribution in [0.1, 0.15) is 17.0 Å². The number of nitrogens with zero attached hydrogens (tertiary/aromatic N) is 2. The highest BCUT2D eigenvalue weighted by molar-refractivity contribution is 7.99. The molecule has 1 heterocycles. The number of carbonyl (C=O) groups is 1. The minimum Gasteiger partial charge on any atom is -0.485 e. The average Bonchev–Trinajstić information content (AvgIpc) is 3.11. The van der Waals surface area contributed by atoms with Crippen LogP contribution in [0, 0.1) is 13.8 Å². The molecule has 28 heavy (non-hydrogen) atoms. The molecule has 0 spiro atoms. The third-order valence-corrected chi connectivity index (χ3v) is 5.40.